The van der Waals surface area contributed by atoms with Crippen LogP contribution in [0.15, 0.2) is 41.3 Å². The Hall–Kier alpha value is -2.82. The molecule has 0 saturated carbocycles. The van der Waals surface area contributed by atoms with Crippen LogP contribution in [0.5, 0.6) is 5.75 Å². The summed E-state index contributed by atoms with van der Waals surface area (Å²) in [5.41, 5.74) is 0.227. The lowest BCUT2D eigenvalue weighted by molar-refractivity contribution is 0.0694. The fourth-order valence-corrected chi connectivity index (χ4v) is 5.12. The van der Waals surface area contributed by atoms with Crippen molar-refractivity contribution in [3.05, 3.63) is 47.5 Å². The molecule has 0 bridgehead atoms. The zero-order valence-corrected chi connectivity index (χ0v) is 19.9. The number of nitrogens with zero attached hydrogens (tertiary/aromatic N) is 2. The average Bonchev–Trinajstić information content (AvgIpc) is 2.78. The van der Waals surface area contributed by atoms with Gasteiger partial charge in [0.05, 0.1) is 11.4 Å². The number of nitrogens with one attached hydrogen (secondary N) is 2. The van der Waals surface area contributed by atoms with E-state index in [1.807, 2.05) is 0 Å². The molecule has 1 aliphatic heterocycles. The number of para-hydroxylation sites is 1. The monoisotopic (exact) mass is 476 g/mol. The molecular weight excluding hydrogens is 444 g/mol. The minimum absolute atomic E-state index is 0.0139. The van der Waals surface area contributed by atoms with Crippen molar-refractivity contribution in [2.24, 2.45) is 0 Å². The van der Waals surface area contributed by atoms with Gasteiger partial charge in [0.2, 0.25) is 0 Å². The molecule has 1 fully saturated rings. The maximum absolute atomic E-state index is 13.1. The van der Waals surface area contributed by atoms with Crippen molar-refractivity contribution >= 4 is 27.4 Å². The quantitative estimate of drug-likeness (QED) is 0.386. The Morgan fingerprint density at radius 3 is 2.42 bits per heavy atom. The van der Waals surface area contributed by atoms with Crippen molar-refractivity contribution in [1.29, 1.82) is 0 Å². The maximum Gasteiger partial charge on any atom is 0.341 e. The number of phenols is 1. The molecule has 33 heavy (non-hydrogen) atoms. The predicted molar refractivity (Wildman–Crippen MR) is 129 cm³/mol. The molecule has 180 valence electrons. The van der Waals surface area contributed by atoms with Gasteiger partial charge in [0.25, 0.3) is 10.0 Å². The number of hydrogen-bond donors (Lipinski definition) is 4. The van der Waals surface area contributed by atoms with Crippen LogP contribution in [-0.2, 0) is 16.4 Å². The molecule has 0 amide bonds. The van der Waals surface area contributed by atoms with Crippen molar-refractivity contribution in [3.8, 4) is 5.75 Å². The first kappa shape index (κ1) is 24.8. The molecule has 4 N–H and O–H groups in total. The van der Waals surface area contributed by atoms with Gasteiger partial charge < -0.3 is 25.3 Å². The van der Waals surface area contributed by atoms with Crippen LogP contribution in [-0.4, -0.2) is 80.7 Å². The molecule has 0 atom stereocenters. The first-order valence-corrected chi connectivity index (χ1v) is 12.6. The summed E-state index contributed by atoms with van der Waals surface area (Å²) in [6.45, 7) is 7.46. The van der Waals surface area contributed by atoms with Gasteiger partial charge in [-0.1, -0.05) is 25.1 Å². The summed E-state index contributed by atoms with van der Waals surface area (Å²) in [5, 5.41) is 23.0. The van der Waals surface area contributed by atoms with Gasteiger partial charge in [-0.25, -0.2) is 13.2 Å². The first-order chi connectivity index (χ1) is 15.7. The molecule has 0 aliphatic carbocycles. The van der Waals surface area contributed by atoms with E-state index >= 15 is 0 Å². The SMILES string of the molecule is CCc1ccc(NS(=O)(=O)c2ccccc2NCCCN2CCN(C)CC2)c(C(=O)O)c1O. The highest BCUT2D eigenvalue weighted by molar-refractivity contribution is 7.92. The Morgan fingerprint density at radius 2 is 1.76 bits per heavy atom. The van der Waals surface area contributed by atoms with Crippen LogP contribution in [0.2, 0.25) is 0 Å². The third kappa shape index (κ3) is 6.16. The van der Waals surface area contributed by atoms with Crippen molar-refractivity contribution in [1.82, 2.24) is 9.80 Å². The van der Waals surface area contributed by atoms with Gasteiger partial charge in [0.15, 0.2) is 0 Å². The van der Waals surface area contributed by atoms with Gasteiger partial charge in [0, 0.05) is 32.7 Å². The number of benzene rings is 2. The van der Waals surface area contributed by atoms with E-state index < -0.39 is 27.3 Å². The van der Waals surface area contributed by atoms with E-state index in [9.17, 15) is 23.4 Å². The number of aromatic carboxylic acids is 1. The Labute approximate surface area is 195 Å². The van der Waals surface area contributed by atoms with Crippen LogP contribution in [0.25, 0.3) is 0 Å². The number of carboxylic acid groups (broad SMARTS) is 1. The molecule has 10 heteroatoms. The Kier molecular flexibility index (Phi) is 8.17. The summed E-state index contributed by atoms with van der Waals surface area (Å²) in [6, 6.07) is 9.38. The number of aryl methyl sites for hydroxylation is 1. The molecule has 3 rings (SSSR count). The van der Waals surface area contributed by atoms with Crippen molar-refractivity contribution in [2.45, 2.75) is 24.7 Å². The van der Waals surface area contributed by atoms with E-state index in [1.165, 1.54) is 18.2 Å². The molecule has 9 nitrogen and oxygen atoms in total. The number of sulfonamides is 1. The Morgan fingerprint density at radius 1 is 1.06 bits per heavy atom. The number of carbonyl (C=O) groups is 1. The summed E-state index contributed by atoms with van der Waals surface area (Å²) in [7, 11) is -1.99. The minimum atomic E-state index is -4.10. The summed E-state index contributed by atoms with van der Waals surface area (Å²) in [4.78, 5) is 16.4. The molecular formula is C23H32N4O5S. The number of aromatic hydroxyl groups is 1. The van der Waals surface area contributed by atoms with Gasteiger partial charge in [0.1, 0.15) is 16.2 Å². The molecule has 1 aliphatic rings. The van der Waals surface area contributed by atoms with Crippen LogP contribution >= 0.6 is 0 Å². The minimum Gasteiger partial charge on any atom is -0.507 e. The molecule has 0 radical (unpaired) electrons. The number of piperazine rings is 1. The highest BCUT2D eigenvalue weighted by Crippen LogP contribution is 2.32. The summed E-state index contributed by atoms with van der Waals surface area (Å²) < 4.78 is 28.6. The van der Waals surface area contributed by atoms with Gasteiger partial charge >= 0.3 is 5.97 Å². The molecule has 0 spiro atoms. The largest absolute Gasteiger partial charge is 0.507 e. The molecule has 2 aromatic rings. The molecule has 1 saturated heterocycles. The normalized spacial score (nSPS) is 15.3. The van der Waals surface area contributed by atoms with Crippen LogP contribution in [0.4, 0.5) is 11.4 Å². The van der Waals surface area contributed by atoms with Gasteiger partial charge in [-0.15, -0.1) is 0 Å². The lowest BCUT2D eigenvalue weighted by Gasteiger charge is -2.32. The van der Waals surface area contributed by atoms with E-state index in [4.69, 9.17) is 0 Å². The van der Waals surface area contributed by atoms with Crippen LogP contribution in [0, 0.1) is 0 Å². The number of anilines is 2. The highest BCUT2D eigenvalue weighted by atomic mass is 32.2. The van der Waals surface area contributed by atoms with E-state index in [1.54, 1.807) is 25.1 Å². The third-order valence-corrected chi connectivity index (χ3v) is 7.26. The Balaban J connectivity index is 1.72. The molecule has 0 unspecified atom stereocenters. The molecule has 2 aromatic carbocycles. The second-order valence-corrected chi connectivity index (χ2v) is 9.83. The van der Waals surface area contributed by atoms with Crippen LogP contribution in [0.1, 0.15) is 29.3 Å². The zero-order chi connectivity index (χ0) is 24.0. The number of carboxylic acids is 1. The van der Waals surface area contributed by atoms with E-state index in [2.05, 4.69) is 26.9 Å². The average molecular weight is 477 g/mol. The number of likely N-dealkylation sites (N-methyl/N-ethyl adjacent to an activating group) is 1. The Bertz CT molecular complexity index is 1080. The number of rotatable bonds is 10. The lowest BCUT2D eigenvalue weighted by atomic mass is 10.1. The second-order valence-electron chi connectivity index (χ2n) is 8.18. The number of hydrogen-bond acceptors (Lipinski definition) is 7. The fraction of sp³-hybridized carbons (Fsp3) is 0.435. The van der Waals surface area contributed by atoms with Crippen LogP contribution < -0.4 is 10.0 Å². The van der Waals surface area contributed by atoms with Crippen molar-refractivity contribution < 1.29 is 23.4 Å². The van der Waals surface area contributed by atoms with E-state index in [0.717, 1.165) is 39.1 Å². The second kappa shape index (κ2) is 10.9. The maximum atomic E-state index is 13.1. The predicted octanol–water partition coefficient (Wildman–Crippen LogP) is 2.50. The summed E-state index contributed by atoms with van der Waals surface area (Å²) in [5.74, 6) is -1.84. The fourth-order valence-electron chi connectivity index (χ4n) is 3.87. The van der Waals surface area contributed by atoms with E-state index in [0.29, 0.717) is 24.2 Å². The highest BCUT2D eigenvalue weighted by Gasteiger charge is 2.24. The molecule has 1 heterocycles. The van der Waals surface area contributed by atoms with Gasteiger partial charge in [-0.05, 0) is 50.2 Å². The van der Waals surface area contributed by atoms with Crippen molar-refractivity contribution in [2.75, 3.05) is 56.4 Å². The van der Waals surface area contributed by atoms with Crippen molar-refractivity contribution in [3.63, 3.8) is 0 Å². The summed E-state index contributed by atoms with van der Waals surface area (Å²) >= 11 is 0. The zero-order valence-electron chi connectivity index (χ0n) is 19.0. The van der Waals surface area contributed by atoms with Gasteiger partial charge in [-0.2, -0.15) is 0 Å². The smallest absolute Gasteiger partial charge is 0.341 e. The molecule has 0 aromatic heterocycles. The topological polar surface area (TPSA) is 122 Å². The first-order valence-electron chi connectivity index (χ1n) is 11.1. The van der Waals surface area contributed by atoms with Crippen LogP contribution in [0.3, 0.4) is 0 Å². The summed E-state index contributed by atoms with van der Waals surface area (Å²) in [6.07, 6.45) is 1.28. The standard InChI is InChI=1S/C23H32N4O5S/c1-3-17-9-10-19(21(22(17)28)23(29)30)25-33(31,32)20-8-5-4-7-18(20)24-11-6-12-27-15-13-26(2)14-16-27/h4-5,7-10,24-25,28H,3,6,11-16H2,1-2H3,(H,29,30). The lowest BCUT2D eigenvalue weighted by Crippen LogP contribution is -2.44. The van der Waals surface area contributed by atoms with E-state index in [-0.39, 0.29) is 10.6 Å². The third-order valence-electron chi connectivity index (χ3n) is 5.84. The van der Waals surface area contributed by atoms with Gasteiger partial charge in [-0.3, -0.25) is 4.72 Å².